The van der Waals surface area contributed by atoms with Gasteiger partial charge in [-0.25, -0.2) is 9.97 Å². The van der Waals surface area contributed by atoms with Crippen LogP contribution in [0.2, 0.25) is 10.2 Å². The van der Waals surface area contributed by atoms with Gasteiger partial charge >= 0.3 is 0 Å². The number of nitrogens with zero attached hydrogens (tertiary/aromatic N) is 3. The van der Waals surface area contributed by atoms with Crippen molar-refractivity contribution < 1.29 is 14.3 Å². The number of ether oxygens (including phenoxy) is 1. The lowest BCUT2D eigenvalue weighted by atomic mass is 10.1. The minimum atomic E-state index is -0.602. The second-order valence-electron chi connectivity index (χ2n) is 6.09. The van der Waals surface area contributed by atoms with Crippen molar-refractivity contribution in [2.24, 2.45) is 0 Å². The molecule has 0 spiro atoms. The predicted molar refractivity (Wildman–Crippen MR) is 117 cm³/mol. The monoisotopic (exact) mass is 461 g/mol. The summed E-state index contributed by atoms with van der Waals surface area (Å²) in [7, 11) is 1.56. The summed E-state index contributed by atoms with van der Waals surface area (Å²) in [5.74, 6) is -0.474. The Morgan fingerprint density at radius 3 is 2.37 bits per heavy atom. The molecule has 0 N–H and O–H groups in total. The number of halogens is 2. The van der Waals surface area contributed by atoms with Crippen molar-refractivity contribution in [3.63, 3.8) is 0 Å². The summed E-state index contributed by atoms with van der Waals surface area (Å²) in [4.78, 5) is 35.9. The van der Waals surface area contributed by atoms with Crippen molar-refractivity contribution in [3.05, 3.63) is 81.6 Å². The van der Waals surface area contributed by atoms with Crippen LogP contribution in [0.4, 0.5) is 0 Å². The second kappa shape index (κ2) is 9.93. The number of imide groups is 1. The molecule has 0 fully saturated rings. The lowest BCUT2D eigenvalue weighted by Gasteiger charge is -2.21. The third kappa shape index (κ3) is 5.11. The van der Waals surface area contributed by atoms with Crippen molar-refractivity contribution in [1.29, 1.82) is 0 Å². The van der Waals surface area contributed by atoms with Gasteiger partial charge in [0, 0.05) is 6.07 Å². The number of carbonyl (C=O) groups excluding carboxylic acids is 2. The number of amides is 2. The molecule has 1 heterocycles. The molecule has 2 aromatic carbocycles. The van der Waals surface area contributed by atoms with E-state index in [4.69, 9.17) is 27.9 Å². The molecule has 30 heavy (non-hydrogen) atoms. The van der Waals surface area contributed by atoms with Crippen LogP contribution in [-0.4, -0.2) is 40.0 Å². The number of hydrogen-bond donors (Lipinski definition) is 0. The SMILES string of the molecule is COc1ccc(CN(C(=O)c2cc(Cl)nc(SC)n2)C(=O)c2ccccc2Cl)cc1. The molecule has 0 aliphatic rings. The fraction of sp³-hybridized carbons (Fsp3) is 0.143. The molecule has 6 nitrogen and oxygen atoms in total. The van der Waals surface area contributed by atoms with Gasteiger partial charge in [-0.15, -0.1) is 0 Å². The van der Waals surface area contributed by atoms with E-state index >= 15 is 0 Å². The topological polar surface area (TPSA) is 72.4 Å². The van der Waals surface area contributed by atoms with Gasteiger partial charge in [-0.2, -0.15) is 0 Å². The van der Waals surface area contributed by atoms with E-state index in [2.05, 4.69) is 9.97 Å². The average Bonchev–Trinajstić information content (AvgIpc) is 2.76. The fourth-order valence-corrected chi connectivity index (χ4v) is 3.49. The molecule has 2 amide bonds. The van der Waals surface area contributed by atoms with E-state index in [9.17, 15) is 9.59 Å². The van der Waals surface area contributed by atoms with Crippen molar-refractivity contribution in [3.8, 4) is 5.75 Å². The maximum atomic E-state index is 13.3. The van der Waals surface area contributed by atoms with Crippen LogP contribution in [0.15, 0.2) is 59.8 Å². The smallest absolute Gasteiger partial charge is 0.279 e. The largest absolute Gasteiger partial charge is 0.497 e. The normalized spacial score (nSPS) is 10.5. The minimum Gasteiger partial charge on any atom is -0.497 e. The maximum absolute atomic E-state index is 13.3. The highest BCUT2D eigenvalue weighted by Crippen LogP contribution is 2.22. The van der Waals surface area contributed by atoms with Gasteiger partial charge in [-0.05, 0) is 36.1 Å². The molecular formula is C21H17Cl2N3O3S. The Kier molecular flexibility index (Phi) is 7.31. The van der Waals surface area contributed by atoms with E-state index < -0.39 is 11.8 Å². The van der Waals surface area contributed by atoms with Crippen LogP contribution < -0.4 is 4.74 Å². The van der Waals surface area contributed by atoms with Crippen LogP contribution in [0, 0.1) is 0 Å². The molecular weight excluding hydrogens is 445 g/mol. The highest BCUT2D eigenvalue weighted by atomic mass is 35.5. The zero-order valence-electron chi connectivity index (χ0n) is 16.1. The zero-order valence-corrected chi connectivity index (χ0v) is 18.5. The summed E-state index contributed by atoms with van der Waals surface area (Å²) < 4.78 is 5.16. The van der Waals surface area contributed by atoms with Gasteiger partial charge in [0.05, 0.1) is 24.2 Å². The Morgan fingerprint density at radius 1 is 1.03 bits per heavy atom. The van der Waals surface area contributed by atoms with E-state index in [0.717, 1.165) is 10.5 Å². The molecule has 0 saturated heterocycles. The molecule has 0 radical (unpaired) electrons. The third-order valence-electron chi connectivity index (χ3n) is 4.17. The van der Waals surface area contributed by atoms with Gasteiger partial charge in [-0.1, -0.05) is 59.2 Å². The zero-order chi connectivity index (χ0) is 21.7. The number of carbonyl (C=O) groups is 2. The molecule has 9 heteroatoms. The van der Waals surface area contributed by atoms with E-state index in [1.807, 2.05) is 0 Å². The lowest BCUT2D eigenvalue weighted by molar-refractivity contribution is 0.0599. The number of thioether (sulfide) groups is 1. The van der Waals surface area contributed by atoms with E-state index in [1.165, 1.54) is 17.8 Å². The first-order valence-corrected chi connectivity index (χ1v) is 10.7. The first kappa shape index (κ1) is 22.1. The Labute approximate surface area is 188 Å². The molecule has 154 valence electrons. The van der Waals surface area contributed by atoms with E-state index in [0.29, 0.717) is 10.9 Å². The summed E-state index contributed by atoms with van der Waals surface area (Å²) in [5, 5.41) is 0.702. The van der Waals surface area contributed by atoms with E-state index in [-0.39, 0.29) is 28.0 Å². The summed E-state index contributed by atoms with van der Waals surface area (Å²) in [5.41, 5.74) is 0.967. The van der Waals surface area contributed by atoms with Gasteiger partial charge in [0.1, 0.15) is 16.6 Å². The molecule has 3 aromatic rings. The Morgan fingerprint density at radius 2 is 1.73 bits per heavy atom. The first-order valence-electron chi connectivity index (χ1n) is 8.75. The quantitative estimate of drug-likeness (QED) is 0.222. The molecule has 0 aliphatic carbocycles. The standard InChI is InChI=1S/C21H17Cl2N3O3S/c1-29-14-9-7-13(8-10-14)12-26(19(27)15-5-3-4-6-16(15)22)20(28)17-11-18(23)25-21(24-17)30-2/h3-11H,12H2,1-2H3. The van der Waals surface area contributed by atoms with Crippen LogP contribution in [-0.2, 0) is 6.54 Å². The van der Waals surface area contributed by atoms with Crippen LogP contribution in [0.1, 0.15) is 26.4 Å². The highest BCUT2D eigenvalue weighted by Gasteiger charge is 2.27. The maximum Gasteiger partial charge on any atom is 0.279 e. The molecule has 0 atom stereocenters. The van der Waals surface area contributed by atoms with Gasteiger partial charge in [-0.3, -0.25) is 14.5 Å². The van der Waals surface area contributed by atoms with Crippen molar-refractivity contribution >= 4 is 46.8 Å². The Bertz CT molecular complexity index is 1080. The first-order chi connectivity index (χ1) is 14.4. The van der Waals surface area contributed by atoms with Crippen LogP contribution in [0.3, 0.4) is 0 Å². The summed E-state index contributed by atoms with van der Waals surface area (Å²) >= 11 is 13.5. The van der Waals surface area contributed by atoms with Crippen molar-refractivity contribution in [1.82, 2.24) is 14.9 Å². The predicted octanol–water partition coefficient (Wildman–Crippen LogP) is 5.00. The van der Waals surface area contributed by atoms with Crippen molar-refractivity contribution in [2.75, 3.05) is 13.4 Å². The van der Waals surface area contributed by atoms with Crippen molar-refractivity contribution in [2.45, 2.75) is 11.7 Å². The Balaban J connectivity index is 2.01. The third-order valence-corrected chi connectivity index (χ3v) is 5.24. The van der Waals surface area contributed by atoms with Crippen LogP contribution in [0.25, 0.3) is 0 Å². The van der Waals surface area contributed by atoms with Crippen LogP contribution >= 0.6 is 35.0 Å². The molecule has 1 aromatic heterocycles. The molecule has 0 aliphatic heterocycles. The summed E-state index contributed by atoms with van der Waals surface area (Å²) in [6, 6.07) is 15.0. The highest BCUT2D eigenvalue weighted by molar-refractivity contribution is 7.98. The Hall–Kier alpha value is -2.61. The number of methoxy groups -OCH3 is 1. The van der Waals surface area contributed by atoms with Crippen LogP contribution in [0.5, 0.6) is 5.75 Å². The summed E-state index contributed by atoms with van der Waals surface area (Å²) in [6.07, 6.45) is 1.77. The lowest BCUT2D eigenvalue weighted by Crippen LogP contribution is -2.37. The van der Waals surface area contributed by atoms with Gasteiger partial charge in [0.25, 0.3) is 11.8 Å². The molecule has 0 bridgehead atoms. The molecule has 3 rings (SSSR count). The second-order valence-corrected chi connectivity index (χ2v) is 7.65. The number of aromatic nitrogens is 2. The van der Waals surface area contributed by atoms with Gasteiger partial charge in [0.2, 0.25) is 0 Å². The van der Waals surface area contributed by atoms with E-state index in [1.54, 1.807) is 61.9 Å². The summed E-state index contributed by atoms with van der Waals surface area (Å²) in [6.45, 7) is 0.0170. The molecule has 0 unspecified atom stereocenters. The number of rotatable bonds is 6. The number of hydrogen-bond acceptors (Lipinski definition) is 6. The minimum absolute atomic E-state index is 0.0170. The molecule has 0 saturated carbocycles. The average molecular weight is 462 g/mol. The van der Waals surface area contributed by atoms with Gasteiger partial charge in [0.15, 0.2) is 5.16 Å². The number of benzene rings is 2. The van der Waals surface area contributed by atoms with Gasteiger partial charge < -0.3 is 4.74 Å². The fourth-order valence-electron chi connectivity index (χ4n) is 2.67.